The van der Waals surface area contributed by atoms with Crippen LogP contribution in [0.4, 0.5) is 0 Å². The Bertz CT molecular complexity index is 1140. The van der Waals surface area contributed by atoms with E-state index >= 15 is 0 Å². The van der Waals surface area contributed by atoms with Gasteiger partial charge in [0, 0.05) is 4.47 Å². The number of aryl methyl sites for hydroxylation is 3. The average molecular weight is 474 g/mol. The Labute approximate surface area is 183 Å². The molecular weight excluding hydrogens is 450 g/mol. The zero-order chi connectivity index (χ0) is 22.2. The summed E-state index contributed by atoms with van der Waals surface area (Å²) in [5.41, 5.74) is 1.66. The molecule has 8 heteroatoms. The number of carboxylic acid groups (broad SMARTS) is 1. The summed E-state index contributed by atoms with van der Waals surface area (Å²) in [7, 11) is 0. The molecule has 0 saturated carbocycles. The number of nitrogens with zero attached hydrogens (tertiary/aromatic N) is 3. The Morgan fingerprint density at radius 1 is 1.13 bits per heavy atom. The molecule has 0 atom stereocenters. The Kier molecular flexibility index (Phi) is 5.90. The number of halogens is 1. The van der Waals surface area contributed by atoms with Crippen molar-refractivity contribution in [2.24, 2.45) is 0 Å². The highest BCUT2D eigenvalue weighted by atomic mass is 79.9. The topological polar surface area (TPSA) is 86.4 Å². The molecule has 7 nitrogen and oxygen atoms in total. The molecule has 0 radical (unpaired) electrons. The summed E-state index contributed by atoms with van der Waals surface area (Å²) in [6, 6.07) is 11.2. The van der Waals surface area contributed by atoms with Gasteiger partial charge in [0.25, 0.3) is 0 Å². The number of benzene rings is 2. The minimum atomic E-state index is -1.34. The maximum Gasteiger partial charge on any atom is 0.351 e. The van der Waals surface area contributed by atoms with Crippen molar-refractivity contribution in [1.82, 2.24) is 14.3 Å². The van der Waals surface area contributed by atoms with Crippen LogP contribution in [0.5, 0.6) is 5.75 Å². The van der Waals surface area contributed by atoms with Gasteiger partial charge in [-0.05, 0) is 75.6 Å². The summed E-state index contributed by atoms with van der Waals surface area (Å²) < 4.78 is 9.68. The number of ether oxygens (including phenoxy) is 1. The summed E-state index contributed by atoms with van der Waals surface area (Å²) in [5.74, 6) is 0.110. The lowest BCUT2D eigenvalue weighted by Crippen LogP contribution is -2.38. The lowest BCUT2D eigenvalue weighted by molar-refractivity contribution is -0.152. The van der Waals surface area contributed by atoms with Crippen molar-refractivity contribution in [1.29, 1.82) is 0 Å². The molecule has 0 aliphatic heterocycles. The summed E-state index contributed by atoms with van der Waals surface area (Å²) in [6.45, 7) is 8.91. The van der Waals surface area contributed by atoms with Crippen molar-refractivity contribution in [3.05, 3.63) is 73.9 Å². The first kappa shape index (κ1) is 21.8. The fraction of sp³-hybridized carbons (Fsp3) is 0.318. The van der Waals surface area contributed by atoms with Gasteiger partial charge in [0.15, 0.2) is 5.60 Å². The highest BCUT2D eigenvalue weighted by Crippen LogP contribution is 2.29. The largest absolute Gasteiger partial charge is 0.478 e. The molecule has 0 aliphatic carbocycles. The van der Waals surface area contributed by atoms with Crippen LogP contribution in [0.2, 0.25) is 0 Å². The van der Waals surface area contributed by atoms with Crippen molar-refractivity contribution in [3.8, 4) is 11.4 Å². The fourth-order valence-corrected chi connectivity index (χ4v) is 3.46. The van der Waals surface area contributed by atoms with Crippen LogP contribution in [-0.2, 0) is 11.3 Å². The van der Waals surface area contributed by atoms with Gasteiger partial charge in [-0.1, -0.05) is 28.1 Å². The van der Waals surface area contributed by atoms with Crippen molar-refractivity contribution < 1.29 is 14.6 Å². The standard InChI is InChI=1S/C22H24BrN3O4/c1-13-10-16(11-14(2)19(13)30-22(4,5)20(27)28)12-25-15(3)24-26(21(25)29)18-8-6-17(23)7-9-18/h6-11H,12H2,1-5H3,(H,27,28). The smallest absolute Gasteiger partial charge is 0.351 e. The van der Waals surface area contributed by atoms with Crippen LogP contribution in [0.3, 0.4) is 0 Å². The molecule has 0 spiro atoms. The summed E-state index contributed by atoms with van der Waals surface area (Å²) >= 11 is 3.39. The number of carboxylic acids is 1. The van der Waals surface area contributed by atoms with E-state index in [-0.39, 0.29) is 5.69 Å². The van der Waals surface area contributed by atoms with Gasteiger partial charge in [-0.2, -0.15) is 9.78 Å². The van der Waals surface area contributed by atoms with Crippen molar-refractivity contribution in [2.75, 3.05) is 0 Å². The molecule has 30 heavy (non-hydrogen) atoms. The van der Waals surface area contributed by atoms with Crippen LogP contribution >= 0.6 is 15.9 Å². The minimum absolute atomic E-state index is 0.225. The number of aliphatic carboxylic acids is 1. The zero-order valence-electron chi connectivity index (χ0n) is 17.6. The number of aromatic nitrogens is 3. The van der Waals surface area contributed by atoms with Gasteiger partial charge in [0.05, 0.1) is 12.2 Å². The lowest BCUT2D eigenvalue weighted by Gasteiger charge is -2.24. The van der Waals surface area contributed by atoms with Gasteiger partial charge >= 0.3 is 11.7 Å². The monoisotopic (exact) mass is 473 g/mol. The lowest BCUT2D eigenvalue weighted by atomic mass is 10.0. The van der Waals surface area contributed by atoms with Crippen LogP contribution in [-0.4, -0.2) is 31.0 Å². The molecule has 1 aromatic heterocycles. The van der Waals surface area contributed by atoms with Crippen LogP contribution in [0.15, 0.2) is 45.7 Å². The van der Waals surface area contributed by atoms with Gasteiger partial charge in [-0.3, -0.25) is 4.57 Å². The second-order valence-corrected chi connectivity index (χ2v) is 8.70. The predicted molar refractivity (Wildman–Crippen MR) is 118 cm³/mol. The van der Waals surface area contributed by atoms with E-state index in [1.54, 1.807) is 11.5 Å². The quantitative estimate of drug-likeness (QED) is 0.584. The molecule has 0 bridgehead atoms. The Morgan fingerprint density at radius 2 is 1.70 bits per heavy atom. The van der Waals surface area contributed by atoms with Gasteiger partial charge in [-0.15, -0.1) is 0 Å². The van der Waals surface area contributed by atoms with Crippen LogP contribution < -0.4 is 10.4 Å². The first-order valence-electron chi connectivity index (χ1n) is 9.44. The zero-order valence-corrected chi connectivity index (χ0v) is 19.1. The van der Waals surface area contributed by atoms with E-state index in [1.165, 1.54) is 18.5 Å². The molecule has 0 fully saturated rings. The SMILES string of the molecule is Cc1cc(Cn2c(C)nn(-c3ccc(Br)cc3)c2=O)cc(C)c1OC(C)(C)C(=O)O. The third kappa shape index (κ3) is 4.33. The molecule has 0 amide bonds. The Balaban J connectivity index is 1.93. The molecular formula is C22H24BrN3O4. The highest BCUT2D eigenvalue weighted by Gasteiger charge is 2.30. The van der Waals surface area contributed by atoms with Crippen LogP contribution in [0, 0.1) is 20.8 Å². The molecule has 0 aliphatic rings. The van der Waals surface area contributed by atoms with E-state index in [0.717, 1.165) is 21.2 Å². The van der Waals surface area contributed by atoms with Gasteiger partial charge in [0.1, 0.15) is 11.6 Å². The van der Waals surface area contributed by atoms with Gasteiger partial charge in [-0.25, -0.2) is 9.59 Å². The minimum Gasteiger partial charge on any atom is -0.478 e. The molecule has 3 rings (SSSR count). The first-order valence-corrected chi connectivity index (χ1v) is 10.2. The summed E-state index contributed by atoms with van der Waals surface area (Å²) in [4.78, 5) is 24.3. The van der Waals surface area contributed by atoms with E-state index in [1.807, 2.05) is 50.2 Å². The van der Waals surface area contributed by atoms with Crippen molar-refractivity contribution >= 4 is 21.9 Å². The second-order valence-electron chi connectivity index (χ2n) is 7.78. The third-order valence-corrected chi connectivity index (χ3v) is 5.38. The maximum absolute atomic E-state index is 12.9. The molecule has 158 valence electrons. The van der Waals surface area contributed by atoms with E-state index in [9.17, 15) is 14.7 Å². The summed E-state index contributed by atoms with van der Waals surface area (Å²) in [5, 5.41) is 13.7. The van der Waals surface area contributed by atoms with E-state index in [0.29, 0.717) is 23.8 Å². The molecule has 0 unspecified atom stereocenters. The predicted octanol–water partition coefficient (Wildman–Crippen LogP) is 4.01. The molecule has 2 aromatic carbocycles. The Morgan fingerprint density at radius 3 is 2.23 bits per heavy atom. The highest BCUT2D eigenvalue weighted by molar-refractivity contribution is 9.10. The maximum atomic E-state index is 12.9. The number of rotatable bonds is 6. The Hall–Kier alpha value is -2.87. The second kappa shape index (κ2) is 8.10. The van der Waals surface area contributed by atoms with E-state index < -0.39 is 11.6 Å². The average Bonchev–Trinajstić information content (AvgIpc) is 2.93. The normalized spacial score (nSPS) is 11.5. The fourth-order valence-electron chi connectivity index (χ4n) is 3.20. The molecule has 0 saturated heterocycles. The molecule has 1 heterocycles. The van der Waals surface area contributed by atoms with Crippen LogP contribution in [0.25, 0.3) is 5.69 Å². The van der Waals surface area contributed by atoms with Crippen LogP contribution in [0.1, 0.15) is 36.4 Å². The van der Waals surface area contributed by atoms with Gasteiger partial charge in [0.2, 0.25) is 0 Å². The van der Waals surface area contributed by atoms with E-state index in [4.69, 9.17) is 4.74 Å². The van der Waals surface area contributed by atoms with Gasteiger partial charge < -0.3 is 9.84 Å². The molecule has 1 N–H and O–H groups in total. The number of hydrogen-bond donors (Lipinski definition) is 1. The van der Waals surface area contributed by atoms with Crippen molar-refractivity contribution in [2.45, 2.75) is 46.8 Å². The summed E-state index contributed by atoms with van der Waals surface area (Å²) in [6.07, 6.45) is 0. The van der Waals surface area contributed by atoms with E-state index in [2.05, 4.69) is 21.0 Å². The first-order chi connectivity index (χ1) is 14.0. The number of hydrogen-bond acceptors (Lipinski definition) is 4. The third-order valence-electron chi connectivity index (χ3n) is 4.85. The number of carbonyl (C=O) groups is 1. The molecule has 3 aromatic rings. The van der Waals surface area contributed by atoms with Crippen molar-refractivity contribution in [3.63, 3.8) is 0 Å².